The van der Waals surface area contributed by atoms with Crippen molar-refractivity contribution in [2.45, 2.75) is 43.7 Å². The fourth-order valence-corrected chi connectivity index (χ4v) is 4.39. The minimum atomic E-state index is -0.285. The second-order valence-corrected chi connectivity index (χ2v) is 8.08. The summed E-state index contributed by atoms with van der Waals surface area (Å²) in [5, 5.41) is 5.56. The highest BCUT2D eigenvalue weighted by atomic mass is 35.5. The first-order valence-corrected chi connectivity index (χ1v) is 10.1. The van der Waals surface area contributed by atoms with Crippen LogP contribution in [0.5, 0.6) is 0 Å². The number of nitrogens with one attached hydrogen (secondary N) is 1. The Balaban J connectivity index is 0.00000150. The van der Waals surface area contributed by atoms with Gasteiger partial charge < -0.3 is 11.1 Å². The first kappa shape index (κ1) is 23.9. The third-order valence-corrected chi connectivity index (χ3v) is 6.04. The van der Waals surface area contributed by atoms with E-state index in [1.165, 1.54) is 11.1 Å². The minimum absolute atomic E-state index is 0. The Hall–Kier alpha value is -1.36. The van der Waals surface area contributed by atoms with E-state index < -0.39 is 0 Å². The fourth-order valence-electron chi connectivity index (χ4n) is 4.23. The van der Waals surface area contributed by atoms with E-state index in [1.54, 1.807) is 0 Å². The van der Waals surface area contributed by atoms with Crippen LogP contribution in [0.4, 0.5) is 0 Å². The standard InChI is InChI=1S/C23H26ClN3.2ClH/c24-18-6-7-20-21(11-15-27-22(20)16-18)23(25)12-8-19(9-13-23)26-14-10-17-4-2-1-3-5-17;;/h1-7,11,15-16,19,26H,8-10,12-14,25H2;2*1H. The van der Waals surface area contributed by atoms with Crippen LogP contribution in [0.25, 0.3) is 10.9 Å². The van der Waals surface area contributed by atoms with Crippen LogP contribution in [0, 0.1) is 0 Å². The number of fused-ring (bicyclic) bond motifs is 1. The van der Waals surface area contributed by atoms with Gasteiger partial charge in [0.05, 0.1) is 5.52 Å². The first-order valence-electron chi connectivity index (χ1n) is 9.75. The van der Waals surface area contributed by atoms with Crippen molar-refractivity contribution < 1.29 is 0 Å². The molecule has 0 atom stereocenters. The maximum absolute atomic E-state index is 6.88. The SMILES string of the molecule is Cl.Cl.NC1(c2ccnc3cc(Cl)ccc23)CCC(NCCc2ccccc2)CC1. The van der Waals surface area contributed by atoms with E-state index in [1.807, 2.05) is 18.3 Å². The monoisotopic (exact) mass is 451 g/mol. The normalized spacial score (nSPS) is 21.2. The summed E-state index contributed by atoms with van der Waals surface area (Å²) < 4.78 is 0. The van der Waals surface area contributed by atoms with Crippen LogP contribution >= 0.6 is 36.4 Å². The molecule has 29 heavy (non-hydrogen) atoms. The Morgan fingerprint density at radius 1 is 1.03 bits per heavy atom. The fraction of sp³-hybridized carbons (Fsp3) is 0.348. The van der Waals surface area contributed by atoms with Gasteiger partial charge in [-0.25, -0.2) is 0 Å². The summed E-state index contributed by atoms with van der Waals surface area (Å²) in [6, 6.07) is 19.2. The van der Waals surface area contributed by atoms with Crippen molar-refractivity contribution in [3.8, 4) is 0 Å². The van der Waals surface area contributed by atoms with Gasteiger partial charge in [0.15, 0.2) is 0 Å². The number of halogens is 3. The smallest absolute Gasteiger partial charge is 0.0720 e. The number of benzene rings is 2. The Morgan fingerprint density at radius 2 is 1.76 bits per heavy atom. The highest BCUT2D eigenvalue weighted by molar-refractivity contribution is 6.31. The molecule has 1 saturated carbocycles. The molecule has 0 unspecified atom stereocenters. The molecule has 1 aliphatic rings. The van der Waals surface area contributed by atoms with E-state index >= 15 is 0 Å². The molecule has 0 bridgehead atoms. The first-order chi connectivity index (χ1) is 13.1. The molecule has 1 aromatic heterocycles. The van der Waals surface area contributed by atoms with Gasteiger partial charge in [0.1, 0.15) is 0 Å². The van der Waals surface area contributed by atoms with Crippen molar-refractivity contribution in [1.82, 2.24) is 10.3 Å². The summed E-state index contributed by atoms with van der Waals surface area (Å²) in [7, 11) is 0. The van der Waals surface area contributed by atoms with Crippen LogP contribution in [0.15, 0.2) is 60.8 Å². The lowest BCUT2D eigenvalue weighted by Crippen LogP contribution is -2.45. The zero-order chi connectivity index (χ0) is 18.7. The molecule has 4 rings (SSSR count). The summed E-state index contributed by atoms with van der Waals surface area (Å²) in [5.41, 5.74) is 10.1. The van der Waals surface area contributed by atoms with E-state index in [4.69, 9.17) is 17.3 Å². The third-order valence-electron chi connectivity index (χ3n) is 5.81. The van der Waals surface area contributed by atoms with Crippen LogP contribution in [-0.2, 0) is 12.0 Å². The molecule has 0 aliphatic heterocycles. The van der Waals surface area contributed by atoms with Gasteiger partial charge >= 0.3 is 0 Å². The molecule has 156 valence electrons. The van der Waals surface area contributed by atoms with Gasteiger partial charge in [0.25, 0.3) is 0 Å². The highest BCUT2D eigenvalue weighted by Crippen LogP contribution is 2.38. The van der Waals surface area contributed by atoms with Gasteiger partial charge in [-0.15, -0.1) is 24.8 Å². The lowest BCUT2D eigenvalue weighted by atomic mass is 9.74. The van der Waals surface area contributed by atoms with E-state index in [2.05, 4.69) is 52.8 Å². The number of pyridine rings is 1. The van der Waals surface area contributed by atoms with Crippen LogP contribution in [0.2, 0.25) is 5.02 Å². The molecule has 3 aromatic rings. The van der Waals surface area contributed by atoms with Crippen molar-refractivity contribution in [2.24, 2.45) is 5.73 Å². The van der Waals surface area contributed by atoms with Crippen LogP contribution in [0.3, 0.4) is 0 Å². The van der Waals surface area contributed by atoms with Gasteiger partial charge in [0.2, 0.25) is 0 Å². The van der Waals surface area contributed by atoms with Crippen molar-refractivity contribution >= 4 is 47.3 Å². The van der Waals surface area contributed by atoms with Crippen molar-refractivity contribution in [3.63, 3.8) is 0 Å². The van der Waals surface area contributed by atoms with E-state index in [9.17, 15) is 0 Å². The van der Waals surface area contributed by atoms with Crippen LogP contribution in [0.1, 0.15) is 36.8 Å². The summed E-state index contributed by atoms with van der Waals surface area (Å²) in [4.78, 5) is 4.46. The molecule has 1 aliphatic carbocycles. The summed E-state index contributed by atoms with van der Waals surface area (Å²) in [6.07, 6.45) is 7.09. The summed E-state index contributed by atoms with van der Waals surface area (Å²) in [5.74, 6) is 0. The van der Waals surface area contributed by atoms with Gasteiger partial charge in [-0.3, -0.25) is 4.98 Å². The minimum Gasteiger partial charge on any atom is -0.321 e. The third kappa shape index (κ3) is 5.62. The van der Waals surface area contributed by atoms with E-state index in [0.29, 0.717) is 11.1 Å². The van der Waals surface area contributed by atoms with Crippen molar-refractivity contribution in [2.75, 3.05) is 6.54 Å². The number of nitrogens with two attached hydrogens (primary N) is 1. The lowest BCUT2D eigenvalue weighted by molar-refractivity contribution is 0.254. The molecule has 3 nitrogen and oxygen atoms in total. The summed E-state index contributed by atoms with van der Waals surface area (Å²) in [6.45, 7) is 1.02. The largest absolute Gasteiger partial charge is 0.321 e. The Kier molecular flexibility index (Phi) is 8.74. The quantitative estimate of drug-likeness (QED) is 0.525. The zero-order valence-corrected chi connectivity index (χ0v) is 18.7. The van der Waals surface area contributed by atoms with Gasteiger partial charge in [-0.1, -0.05) is 48.0 Å². The van der Waals surface area contributed by atoms with Gasteiger partial charge in [-0.05, 0) is 68.0 Å². The maximum Gasteiger partial charge on any atom is 0.0720 e. The Labute approximate surface area is 190 Å². The molecule has 0 saturated heterocycles. The number of hydrogen-bond donors (Lipinski definition) is 2. The molecule has 0 radical (unpaired) electrons. The number of aromatic nitrogens is 1. The molecule has 1 fully saturated rings. The van der Waals surface area contributed by atoms with Crippen molar-refractivity contribution in [1.29, 1.82) is 0 Å². The molecule has 3 N–H and O–H groups in total. The number of hydrogen-bond acceptors (Lipinski definition) is 3. The predicted molar refractivity (Wildman–Crippen MR) is 128 cm³/mol. The second kappa shape index (κ2) is 10.6. The average molecular weight is 453 g/mol. The number of nitrogens with zero attached hydrogens (tertiary/aromatic N) is 1. The highest BCUT2D eigenvalue weighted by Gasteiger charge is 2.34. The van der Waals surface area contributed by atoms with Crippen molar-refractivity contribution in [3.05, 3.63) is 76.9 Å². The average Bonchev–Trinajstić information content (AvgIpc) is 2.70. The summed E-state index contributed by atoms with van der Waals surface area (Å²) >= 11 is 6.12. The molecule has 1 heterocycles. The molecule has 0 amide bonds. The van der Waals surface area contributed by atoms with E-state index in [-0.39, 0.29) is 30.4 Å². The molecule has 0 spiro atoms. The topological polar surface area (TPSA) is 50.9 Å². The van der Waals surface area contributed by atoms with E-state index in [0.717, 1.165) is 49.6 Å². The van der Waals surface area contributed by atoms with Crippen LogP contribution < -0.4 is 11.1 Å². The predicted octanol–water partition coefficient (Wildman–Crippen LogP) is 5.66. The molecular formula is C23H28Cl3N3. The second-order valence-electron chi connectivity index (χ2n) is 7.64. The number of rotatable bonds is 5. The Bertz CT molecular complexity index is 910. The van der Waals surface area contributed by atoms with Gasteiger partial charge in [-0.2, -0.15) is 0 Å². The maximum atomic E-state index is 6.88. The Morgan fingerprint density at radius 3 is 2.48 bits per heavy atom. The molecule has 2 aromatic carbocycles. The lowest BCUT2D eigenvalue weighted by Gasteiger charge is -2.38. The molecular weight excluding hydrogens is 425 g/mol. The van der Waals surface area contributed by atoms with Crippen LogP contribution in [-0.4, -0.2) is 17.6 Å². The zero-order valence-electron chi connectivity index (χ0n) is 16.3. The van der Waals surface area contributed by atoms with Gasteiger partial charge in [0, 0.05) is 28.2 Å². The molecule has 6 heteroatoms.